The molecule has 0 radical (unpaired) electrons. The first kappa shape index (κ1) is 19.6. The van der Waals surface area contributed by atoms with Crippen molar-refractivity contribution >= 4 is 29.4 Å². The van der Waals surface area contributed by atoms with E-state index in [0.29, 0.717) is 17.7 Å². The second-order valence-electron chi connectivity index (χ2n) is 7.44. The first-order valence-corrected chi connectivity index (χ1v) is 9.79. The summed E-state index contributed by atoms with van der Waals surface area (Å²) < 4.78 is 0. The minimum absolute atomic E-state index is 0.231. The van der Waals surface area contributed by atoms with Crippen LogP contribution in [-0.4, -0.2) is 42.2 Å². The molecule has 2 aliphatic rings. The Bertz CT molecular complexity index is 1030. The highest BCUT2D eigenvalue weighted by Crippen LogP contribution is 2.39. The van der Waals surface area contributed by atoms with Gasteiger partial charge in [-0.2, -0.15) is 0 Å². The number of fused-ring (bicyclic) bond motifs is 2. The number of nitrogens with one attached hydrogen (secondary N) is 3. The van der Waals surface area contributed by atoms with E-state index >= 15 is 0 Å². The number of amides is 5. The van der Waals surface area contributed by atoms with Crippen LogP contribution in [0.15, 0.2) is 48.5 Å². The summed E-state index contributed by atoms with van der Waals surface area (Å²) >= 11 is 0. The summed E-state index contributed by atoms with van der Waals surface area (Å²) in [4.78, 5) is 50.8. The Morgan fingerprint density at radius 2 is 1.83 bits per heavy atom. The molecular weight excluding hydrogens is 384 g/mol. The Hall–Kier alpha value is -3.68. The molecule has 30 heavy (non-hydrogen) atoms. The molecule has 0 unspecified atom stereocenters. The smallest absolute Gasteiger partial charge is 0.325 e. The van der Waals surface area contributed by atoms with Crippen molar-refractivity contribution in [3.05, 3.63) is 65.2 Å². The van der Waals surface area contributed by atoms with E-state index in [-0.39, 0.29) is 12.5 Å². The lowest BCUT2D eigenvalue weighted by Gasteiger charge is -2.33. The summed E-state index contributed by atoms with van der Waals surface area (Å²) in [5, 5.41) is 8.01. The molecule has 1 heterocycles. The number of carbonyl (C=O) groups is 4. The van der Waals surface area contributed by atoms with Crippen LogP contribution in [0.4, 0.5) is 10.5 Å². The zero-order valence-corrected chi connectivity index (χ0v) is 16.5. The lowest BCUT2D eigenvalue weighted by molar-refractivity contribution is -0.134. The molecule has 154 valence electrons. The number of benzene rings is 2. The topological polar surface area (TPSA) is 108 Å². The van der Waals surface area contributed by atoms with Crippen LogP contribution >= 0.6 is 0 Å². The summed E-state index contributed by atoms with van der Waals surface area (Å²) in [5.41, 5.74) is 1.68. The molecule has 3 N–H and O–H groups in total. The van der Waals surface area contributed by atoms with Gasteiger partial charge in [-0.25, -0.2) is 4.79 Å². The quantitative estimate of drug-likeness (QED) is 0.673. The molecular formula is C22H22N4O4. The second kappa shape index (κ2) is 7.62. The third-order valence-electron chi connectivity index (χ3n) is 5.61. The molecule has 2 aromatic carbocycles. The minimum atomic E-state index is -1.10. The van der Waals surface area contributed by atoms with Crippen molar-refractivity contribution in [3.8, 4) is 0 Å². The van der Waals surface area contributed by atoms with Gasteiger partial charge in [0.15, 0.2) is 0 Å². The van der Waals surface area contributed by atoms with E-state index in [1.54, 1.807) is 24.3 Å². The number of imide groups is 1. The monoisotopic (exact) mass is 406 g/mol. The van der Waals surface area contributed by atoms with E-state index < -0.39 is 23.4 Å². The zero-order valence-electron chi connectivity index (χ0n) is 16.5. The van der Waals surface area contributed by atoms with E-state index in [0.717, 1.165) is 28.9 Å². The third kappa shape index (κ3) is 3.30. The SMILES string of the molecule is CNC(=O)c1ccc(NC(=O)CN2C(=O)N[C@]3(CCCc4ccccc43)C2=O)cc1. The van der Waals surface area contributed by atoms with Crippen LogP contribution in [-0.2, 0) is 21.5 Å². The van der Waals surface area contributed by atoms with Crippen molar-refractivity contribution in [2.75, 3.05) is 18.9 Å². The van der Waals surface area contributed by atoms with Gasteiger partial charge in [0.2, 0.25) is 5.91 Å². The van der Waals surface area contributed by atoms with Crippen LogP contribution in [0, 0.1) is 0 Å². The molecule has 0 saturated carbocycles. The van der Waals surface area contributed by atoms with Gasteiger partial charge in [-0.1, -0.05) is 24.3 Å². The molecule has 4 rings (SSSR count). The summed E-state index contributed by atoms with van der Waals surface area (Å²) in [6.07, 6.45) is 2.14. The van der Waals surface area contributed by atoms with Crippen LogP contribution in [0.3, 0.4) is 0 Å². The lowest BCUT2D eigenvalue weighted by Crippen LogP contribution is -2.47. The summed E-state index contributed by atoms with van der Waals surface area (Å²) in [7, 11) is 1.54. The van der Waals surface area contributed by atoms with Gasteiger partial charge in [0.05, 0.1) is 0 Å². The van der Waals surface area contributed by atoms with E-state index in [9.17, 15) is 19.2 Å². The fourth-order valence-electron chi connectivity index (χ4n) is 4.15. The summed E-state index contributed by atoms with van der Waals surface area (Å²) in [6.45, 7) is -0.383. The number of aryl methyl sites for hydroxylation is 1. The van der Waals surface area contributed by atoms with E-state index in [1.165, 1.54) is 7.05 Å². The lowest BCUT2D eigenvalue weighted by atomic mass is 9.76. The Balaban J connectivity index is 1.48. The summed E-state index contributed by atoms with van der Waals surface area (Å²) in [6, 6.07) is 13.4. The first-order valence-electron chi connectivity index (χ1n) is 9.79. The number of anilines is 1. The Morgan fingerprint density at radius 1 is 1.10 bits per heavy atom. The van der Waals surface area contributed by atoms with Crippen molar-refractivity contribution in [1.82, 2.24) is 15.5 Å². The normalized spacial score (nSPS) is 20.0. The Labute approximate surface area is 173 Å². The van der Waals surface area contributed by atoms with E-state index in [2.05, 4.69) is 16.0 Å². The summed E-state index contributed by atoms with van der Waals surface area (Å²) in [5.74, 6) is -1.12. The maximum atomic E-state index is 13.2. The number of nitrogens with zero attached hydrogens (tertiary/aromatic N) is 1. The zero-order chi connectivity index (χ0) is 21.3. The fourth-order valence-corrected chi connectivity index (χ4v) is 4.15. The predicted molar refractivity (Wildman–Crippen MR) is 110 cm³/mol. The Kier molecular flexibility index (Phi) is 4.99. The highest BCUT2D eigenvalue weighted by Gasteiger charge is 2.54. The molecule has 2 aromatic rings. The van der Waals surface area contributed by atoms with Crippen LogP contribution in [0.1, 0.15) is 34.3 Å². The number of carbonyl (C=O) groups excluding carboxylic acids is 4. The molecule has 1 aliphatic heterocycles. The molecule has 1 spiro atoms. The molecule has 8 heteroatoms. The number of hydrogen-bond donors (Lipinski definition) is 3. The van der Waals surface area contributed by atoms with Gasteiger partial charge in [0.25, 0.3) is 11.8 Å². The standard InChI is InChI=1S/C22H22N4O4/c1-23-19(28)15-8-10-16(11-9-15)24-18(27)13-26-20(29)22(25-21(26)30)12-4-6-14-5-2-3-7-17(14)22/h2-3,5,7-11H,4,6,12-13H2,1H3,(H,23,28)(H,24,27)(H,25,30)/t22-/m0/s1. The molecule has 1 saturated heterocycles. The van der Waals surface area contributed by atoms with Gasteiger partial charge in [-0.05, 0) is 54.7 Å². The largest absolute Gasteiger partial charge is 0.355 e. The van der Waals surface area contributed by atoms with Crippen LogP contribution in [0.2, 0.25) is 0 Å². The Morgan fingerprint density at radius 3 is 2.57 bits per heavy atom. The van der Waals surface area contributed by atoms with E-state index in [1.807, 2.05) is 24.3 Å². The van der Waals surface area contributed by atoms with Crippen LogP contribution in [0.5, 0.6) is 0 Å². The number of rotatable bonds is 4. The van der Waals surface area contributed by atoms with Crippen molar-refractivity contribution < 1.29 is 19.2 Å². The highest BCUT2D eigenvalue weighted by atomic mass is 16.2. The van der Waals surface area contributed by atoms with Gasteiger partial charge in [0, 0.05) is 18.3 Å². The maximum absolute atomic E-state index is 13.2. The van der Waals surface area contributed by atoms with Gasteiger partial charge < -0.3 is 16.0 Å². The van der Waals surface area contributed by atoms with Gasteiger partial charge >= 0.3 is 6.03 Å². The molecule has 0 bridgehead atoms. The molecule has 0 aromatic heterocycles. The maximum Gasteiger partial charge on any atom is 0.325 e. The van der Waals surface area contributed by atoms with Crippen molar-refractivity contribution in [1.29, 1.82) is 0 Å². The number of hydrogen-bond acceptors (Lipinski definition) is 4. The van der Waals surface area contributed by atoms with Crippen molar-refractivity contribution in [3.63, 3.8) is 0 Å². The predicted octanol–water partition coefficient (Wildman–Crippen LogP) is 1.77. The van der Waals surface area contributed by atoms with Crippen molar-refractivity contribution in [2.45, 2.75) is 24.8 Å². The second-order valence-corrected chi connectivity index (χ2v) is 7.44. The van der Waals surface area contributed by atoms with Gasteiger partial charge in [0.1, 0.15) is 12.1 Å². The average Bonchev–Trinajstić information content (AvgIpc) is 2.98. The average molecular weight is 406 g/mol. The molecule has 1 atom stereocenters. The van der Waals surface area contributed by atoms with Crippen LogP contribution in [0.25, 0.3) is 0 Å². The molecule has 8 nitrogen and oxygen atoms in total. The minimum Gasteiger partial charge on any atom is -0.355 e. The first-order chi connectivity index (χ1) is 14.4. The van der Waals surface area contributed by atoms with Gasteiger partial charge in [-0.15, -0.1) is 0 Å². The van der Waals surface area contributed by atoms with Gasteiger partial charge in [-0.3, -0.25) is 19.3 Å². The molecule has 1 fully saturated rings. The van der Waals surface area contributed by atoms with Crippen LogP contribution < -0.4 is 16.0 Å². The fraction of sp³-hybridized carbons (Fsp3) is 0.273. The van der Waals surface area contributed by atoms with E-state index in [4.69, 9.17) is 0 Å². The number of urea groups is 1. The molecule has 1 aliphatic carbocycles. The van der Waals surface area contributed by atoms with Crippen molar-refractivity contribution in [2.24, 2.45) is 0 Å². The highest BCUT2D eigenvalue weighted by molar-refractivity contribution is 6.10. The molecule has 5 amide bonds. The third-order valence-corrected chi connectivity index (χ3v) is 5.61.